The van der Waals surface area contributed by atoms with E-state index in [-0.39, 0.29) is 17.9 Å². The predicted octanol–water partition coefficient (Wildman–Crippen LogP) is 1.68. The van der Waals surface area contributed by atoms with Gasteiger partial charge in [-0.15, -0.1) is 5.10 Å². The van der Waals surface area contributed by atoms with E-state index in [1.165, 1.54) is 10.6 Å². The van der Waals surface area contributed by atoms with E-state index >= 15 is 0 Å². The minimum atomic E-state index is -3.09. The molecule has 1 aliphatic heterocycles. The van der Waals surface area contributed by atoms with Gasteiger partial charge in [0.15, 0.2) is 0 Å². The molecule has 2 fully saturated rings. The summed E-state index contributed by atoms with van der Waals surface area (Å²) in [5, 5.41) is 23.1. The molecule has 1 aliphatic carbocycles. The molecule has 9 nitrogen and oxygen atoms in total. The molecule has 2 aromatic heterocycles. The number of rotatable bonds is 2. The number of halogens is 1. The summed E-state index contributed by atoms with van der Waals surface area (Å²) < 4.78 is 24.9. The van der Waals surface area contributed by atoms with Crippen molar-refractivity contribution >= 4 is 33.1 Å². The van der Waals surface area contributed by atoms with Crippen molar-refractivity contribution < 1.29 is 13.5 Å². The molecule has 0 bridgehead atoms. The summed E-state index contributed by atoms with van der Waals surface area (Å²) in [6.07, 6.45) is 6.97. The van der Waals surface area contributed by atoms with E-state index in [1.807, 2.05) is 0 Å². The average Bonchev–Trinajstić information content (AvgIpc) is 2.91. The molecule has 1 atom stereocenters. The third-order valence-electron chi connectivity index (χ3n) is 5.61. The smallest absolute Gasteiger partial charge is 0.238 e. The molecular weight excluding hydrogens is 416 g/mol. The van der Waals surface area contributed by atoms with Crippen molar-refractivity contribution in [1.29, 1.82) is 5.26 Å². The van der Waals surface area contributed by atoms with Crippen molar-refractivity contribution in [2.75, 3.05) is 25.1 Å². The van der Waals surface area contributed by atoms with Crippen LogP contribution in [-0.2, 0) is 15.4 Å². The SMILES string of the molecule is CC1(c2c(C#N)c(Cl)c3cnc(N)nn23)CCC1.CS(=O)(=O)N1CCCC(O)C1. The highest BCUT2D eigenvalue weighted by atomic mass is 35.5. The largest absolute Gasteiger partial charge is 0.392 e. The van der Waals surface area contributed by atoms with Crippen LogP contribution in [0, 0.1) is 11.3 Å². The van der Waals surface area contributed by atoms with Crippen molar-refractivity contribution in [3.05, 3.63) is 22.5 Å². The molecule has 29 heavy (non-hydrogen) atoms. The van der Waals surface area contributed by atoms with Crippen molar-refractivity contribution in [2.45, 2.75) is 50.5 Å². The zero-order chi connectivity index (χ0) is 21.4. The number of fused-ring (bicyclic) bond motifs is 1. The van der Waals surface area contributed by atoms with Gasteiger partial charge in [-0.3, -0.25) is 0 Å². The number of nitrogens with zero attached hydrogens (tertiary/aromatic N) is 5. The molecule has 1 saturated heterocycles. The van der Waals surface area contributed by atoms with E-state index in [1.54, 1.807) is 10.7 Å². The second-order valence-electron chi connectivity index (χ2n) is 7.89. The lowest BCUT2D eigenvalue weighted by molar-refractivity contribution is 0.108. The number of hydrogen-bond acceptors (Lipinski definition) is 7. The Labute approximate surface area is 175 Å². The molecule has 11 heteroatoms. The van der Waals surface area contributed by atoms with Crippen LogP contribution in [0.1, 0.15) is 50.3 Å². The topological polar surface area (TPSA) is 138 Å². The van der Waals surface area contributed by atoms with Gasteiger partial charge in [0.05, 0.1) is 34.8 Å². The Morgan fingerprint density at radius 3 is 2.59 bits per heavy atom. The molecule has 2 aliphatic rings. The zero-order valence-corrected chi connectivity index (χ0v) is 18.0. The monoisotopic (exact) mass is 440 g/mol. The highest BCUT2D eigenvalue weighted by molar-refractivity contribution is 7.88. The summed E-state index contributed by atoms with van der Waals surface area (Å²) in [4.78, 5) is 3.93. The molecular formula is C18H25ClN6O3S. The molecule has 3 heterocycles. The third kappa shape index (κ3) is 4.33. The van der Waals surface area contributed by atoms with Crippen LogP contribution in [0.25, 0.3) is 5.52 Å². The molecule has 0 aromatic carbocycles. The summed E-state index contributed by atoms with van der Waals surface area (Å²) >= 11 is 6.24. The van der Waals surface area contributed by atoms with Gasteiger partial charge in [0.2, 0.25) is 16.0 Å². The van der Waals surface area contributed by atoms with Crippen LogP contribution in [0.5, 0.6) is 0 Å². The molecule has 1 saturated carbocycles. The minimum absolute atomic E-state index is 0.0398. The van der Waals surface area contributed by atoms with E-state index in [2.05, 4.69) is 23.1 Å². The Morgan fingerprint density at radius 2 is 2.10 bits per heavy atom. The number of aliphatic hydroxyl groups excluding tert-OH is 1. The van der Waals surface area contributed by atoms with Gasteiger partial charge in [-0.25, -0.2) is 17.9 Å². The fraction of sp³-hybridized carbons (Fsp3) is 0.611. The molecule has 0 amide bonds. The maximum atomic E-state index is 10.9. The Hall–Kier alpha value is -1.93. The summed E-state index contributed by atoms with van der Waals surface area (Å²) in [5.74, 6) is 0.183. The Kier molecular flexibility index (Phi) is 6.06. The lowest BCUT2D eigenvalue weighted by atomic mass is 9.67. The van der Waals surface area contributed by atoms with Gasteiger partial charge < -0.3 is 10.8 Å². The number of piperidine rings is 1. The number of aliphatic hydroxyl groups is 1. The molecule has 4 rings (SSSR count). The van der Waals surface area contributed by atoms with Gasteiger partial charge in [-0.05, 0) is 25.7 Å². The second kappa shape index (κ2) is 8.07. The quantitative estimate of drug-likeness (QED) is 0.724. The van der Waals surface area contributed by atoms with Crippen LogP contribution in [0.3, 0.4) is 0 Å². The summed E-state index contributed by atoms with van der Waals surface area (Å²) in [5.41, 5.74) is 7.60. The number of nitriles is 1. The van der Waals surface area contributed by atoms with E-state index in [4.69, 9.17) is 22.4 Å². The zero-order valence-electron chi connectivity index (χ0n) is 16.5. The molecule has 158 valence electrons. The first-order valence-corrected chi connectivity index (χ1v) is 11.7. The summed E-state index contributed by atoms with van der Waals surface area (Å²) in [6.45, 7) is 2.95. The number of hydrogen-bond donors (Lipinski definition) is 2. The first-order chi connectivity index (χ1) is 13.6. The average molecular weight is 441 g/mol. The molecule has 1 unspecified atom stereocenters. The molecule has 0 spiro atoms. The minimum Gasteiger partial charge on any atom is -0.392 e. The molecule has 3 N–H and O–H groups in total. The van der Waals surface area contributed by atoms with Crippen molar-refractivity contribution in [3.8, 4) is 6.07 Å². The number of nitrogen functional groups attached to an aromatic ring is 1. The van der Waals surface area contributed by atoms with Crippen molar-refractivity contribution in [3.63, 3.8) is 0 Å². The highest BCUT2D eigenvalue weighted by Crippen LogP contribution is 2.46. The number of aromatic nitrogens is 3. The van der Waals surface area contributed by atoms with Crippen molar-refractivity contribution in [1.82, 2.24) is 18.9 Å². The number of β-amino-alcohol motifs (C(OH)–C–C–N with tert-alkyl or cyclic N) is 1. The molecule has 2 aromatic rings. The summed E-state index contributed by atoms with van der Waals surface area (Å²) in [6, 6.07) is 2.19. The Balaban J connectivity index is 0.000000188. The first kappa shape index (κ1) is 21.8. The van der Waals surface area contributed by atoms with Crippen LogP contribution in [0.15, 0.2) is 6.20 Å². The van der Waals surface area contributed by atoms with Crippen molar-refractivity contribution in [2.24, 2.45) is 0 Å². The van der Waals surface area contributed by atoms with Gasteiger partial charge >= 0.3 is 0 Å². The van der Waals surface area contributed by atoms with Gasteiger partial charge in [0.25, 0.3) is 0 Å². The van der Waals surface area contributed by atoms with E-state index in [0.29, 0.717) is 29.1 Å². The van der Waals surface area contributed by atoms with Crippen LogP contribution >= 0.6 is 11.6 Å². The Morgan fingerprint density at radius 1 is 1.41 bits per heavy atom. The van der Waals surface area contributed by atoms with Gasteiger partial charge in [-0.1, -0.05) is 24.9 Å². The Bertz CT molecular complexity index is 1060. The van der Waals surface area contributed by atoms with Crippen LogP contribution < -0.4 is 5.73 Å². The molecule has 0 radical (unpaired) electrons. The fourth-order valence-corrected chi connectivity index (χ4v) is 5.01. The lowest BCUT2D eigenvalue weighted by Gasteiger charge is -2.38. The maximum absolute atomic E-state index is 10.9. The lowest BCUT2D eigenvalue weighted by Crippen LogP contribution is -2.41. The van der Waals surface area contributed by atoms with E-state index in [0.717, 1.165) is 31.4 Å². The number of nitrogens with two attached hydrogens (primary N) is 1. The van der Waals surface area contributed by atoms with Gasteiger partial charge in [0.1, 0.15) is 11.6 Å². The maximum Gasteiger partial charge on any atom is 0.238 e. The fourth-order valence-electron chi connectivity index (χ4n) is 3.85. The highest BCUT2D eigenvalue weighted by Gasteiger charge is 2.40. The standard InChI is InChI=1S/C12H12ClN5.C6H13NO3S/c1-12(3-2-4-12)10-7(5-14)9(13)8-6-16-11(15)17-18(8)10;1-11(9,10)7-4-2-3-6(8)5-7/h6H,2-4H2,1H3,(H2,15,17);6,8H,2-5H2,1H3. The third-order valence-corrected chi connectivity index (χ3v) is 7.26. The van der Waals surface area contributed by atoms with Crippen LogP contribution in [0.4, 0.5) is 5.95 Å². The summed E-state index contributed by atoms with van der Waals surface area (Å²) in [7, 11) is -3.09. The van der Waals surface area contributed by atoms with Gasteiger partial charge in [-0.2, -0.15) is 9.57 Å². The first-order valence-electron chi connectivity index (χ1n) is 9.43. The number of sulfonamides is 1. The second-order valence-corrected chi connectivity index (χ2v) is 10.3. The van der Waals surface area contributed by atoms with E-state index < -0.39 is 16.1 Å². The predicted molar refractivity (Wildman–Crippen MR) is 110 cm³/mol. The van der Waals surface area contributed by atoms with Crippen LogP contribution in [0.2, 0.25) is 5.02 Å². The van der Waals surface area contributed by atoms with Crippen LogP contribution in [-0.4, -0.2) is 57.9 Å². The normalized spacial score (nSPS) is 21.7. The van der Waals surface area contributed by atoms with Gasteiger partial charge in [0, 0.05) is 18.5 Å². The van der Waals surface area contributed by atoms with E-state index in [9.17, 15) is 13.7 Å². The number of anilines is 1.